The summed E-state index contributed by atoms with van der Waals surface area (Å²) in [5, 5.41) is 11.4. The maximum atomic E-state index is 12.6. The molecule has 2 aromatic carbocycles. The summed E-state index contributed by atoms with van der Waals surface area (Å²) in [7, 11) is 1.64. The fourth-order valence-electron chi connectivity index (χ4n) is 3.60. The van der Waals surface area contributed by atoms with E-state index in [1.807, 2.05) is 55.5 Å². The highest BCUT2D eigenvalue weighted by atomic mass is 16.5. The Morgan fingerprint density at radius 3 is 2.67 bits per heavy atom. The zero-order valence-corrected chi connectivity index (χ0v) is 17.3. The minimum atomic E-state index is -0.00801. The number of nitrogens with zero attached hydrogens (tertiary/aromatic N) is 3. The zero-order chi connectivity index (χ0) is 20.9. The summed E-state index contributed by atoms with van der Waals surface area (Å²) in [6.45, 7) is 3.97. The number of hydrogen-bond acceptors (Lipinski definition) is 6. The highest BCUT2D eigenvalue weighted by Gasteiger charge is 2.27. The molecule has 0 spiro atoms. The number of amides is 1. The van der Waals surface area contributed by atoms with E-state index in [9.17, 15) is 4.79 Å². The Hall–Kier alpha value is -3.35. The quantitative estimate of drug-likeness (QED) is 0.674. The number of rotatable bonds is 6. The number of methoxy groups -OCH3 is 1. The minimum Gasteiger partial charge on any atom is -0.497 e. The molecule has 7 heteroatoms. The predicted molar refractivity (Wildman–Crippen MR) is 114 cm³/mol. The molecule has 0 bridgehead atoms. The van der Waals surface area contributed by atoms with Crippen LogP contribution in [0.2, 0.25) is 0 Å². The summed E-state index contributed by atoms with van der Waals surface area (Å²) >= 11 is 0. The van der Waals surface area contributed by atoms with E-state index in [2.05, 4.69) is 20.4 Å². The molecule has 0 unspecified atom stereocenters. The topological polar surface area (TPSA) is 80.5 Å². The van der Waals surface area contributed by atoms with Crippen LogP contribution in [0.1, 0.15) is 24.0 Å². The first-order chi connectivity index (χ1) is 14.6. The van der Waals surface area contributed by atoms with E-state index in [-0.39, 0.29) is 11.8 Å². The van der Waals surface area contributed by atoms with E-state index in [0.29, 0.717) is 31.5 Å². The number of nitrogens with one attached hydrogen (secondary N) is 1. The fourth-order valence-corrected chi connectivity index (χ4v) is 3.60. The summed E-state index contributed by atoms with van der Waals surface area (Å²) < 4.78 is 11.1. The summed E-state index contributed by atoms with van der Waals surface area (Å²) in [6.07, 6.45) is 1.51. The molecule has 7 nitrogen and oxygen atoms in total. The molecule has 1 aliphatic heterocycles. The highest BCUT2D eigenvalue weighted by Crippen LogP contribution is 2.26. The van der Waals surface area contributed by atoms with E-state index >= 15 is 0 Å². The Bertz CT molecular complexity index is 992. The predicted octanol–water partition coefficient (Wildman–Crippen LogP) is 3.59. The second-order valence-corrected chi connectivity index (χ2v) is 7.59. The van der Waals surface area contributed by atoms with E-state index in [1.54, 1.807) is 7.11 Å². The number of piperidine rings is 1. The van der Waals surface area contributed by atoms with Gasteiger partial charge in [0.05, 0.1) is 7.11 Å². The molecule has 1 N–H and O–H groups in total. The highest BCUT2D eigenvalue weighted by molar-refractivity contribution is 5.79. The summed E-state index contributed by atoms with van der Waals surface area (Å²) in [6, 6.07) is 16.2. The number of carbonyl (C=O) groups excluding carboxylic acids is 1. The molecule has 3 aromatic rings. The minimum absolute atomic E-state index is 0.00801. The van der Waals surface area contributed by atoms with E-state index in [4.69, 9.17) is 9.15 Å². The lowest BCUT2D eigenvalue weighted by molar-refractivity contribution is -0.125. The second kappa shape index (κ2) is 8.98. The molecule has 1 fully saturated rings. The van der Waals surface area contributed by atoms with Gasteiger partial charge in [-0.3, -0.25) is 4.79 Å². The lowest BCUT2D eigenvalue weighted by Gasteiger charge is -2.29. The van der Waals surface area contributed by atoms with Gasteiger partial charge >= 0.3 is 6.01 Å². The van der Waals surface area contributed by atoms with Crippen LogP contribution in [0.25, 0.3) is 11.5 Å². The van der Waals surface area contributed by atoms with Crippen molar-refractivity contribution in [3.8, 4) is 17.2 Å². The molecule has 1 amide bonds. The van der Waals surface area contributed by atoms with Crippen molar-refractivity contribution in [2.75, 3.05) is 25.1 Å². The van der Waals surface area contributed by atoms with Gasteiger partial charge in [-0.1, -0.05) is 34.9 Å². The number of aryl methyl sites for hydroxylation is 1. The van der Waals surface area contributed by atoms with Crippen molar-refractivity contribution in [2.45, 2.75) is 26.3 Å². The third-order valence-corrected chi connectivity index (χ3v) is 5.45. The second-order valence-electron chi connectivity index (χ2n) is 7.59. The summed E-state index contributed by atoms with van der Waals surface area (Å²) in [5.41, 5.74) is 3.12. The van der Waals surface area contributed by atoms with Crippen LogP contribution in [0.15, 0.2) is 52.9 Å². The third kappa shape index (κ3) is 4.62. The zero-order valence-electron chi connectivity index (χ0n) is 17.3. The Kier molecular flexibility index (Phi) is 5.97. The van der Waals surface area contributed by atoms with Gasteiger partial charge in [0.25, 0.3) is 0 Å². The van der Waals surface area contributed by atoms with Crippen molar-refractivity contribution in [3.05, 3.63) is 59.7 Å². The molecule has 0 atom stereocenters. The van der Waals surface area contributed by atoms with Gasteiger partial charge in [0.2, 0.25) is 11.8 Å². The lowest BCUT2D eigenvalue weighted by Crippen LogP contribution is -2.40. The molecule has 156 valence electrons. The Balaban J connectivity index is 1.29. The van der Waals surface area contributed by atoms with Crippen LogP contribution in [-0.4, -0.2) is 36.3 Å². The lowest BCUT2D eigenvalue weighted by atomic mass is 9.96. The van der Waals surface area contributed by atoms with Crippen LogP contribution in [0.4, 0.5) is 6.01 Å². The summed E-state index contributed by atoms with van der Waals surface area (Å²) in [4.78, 5) is 14.6. The van der Waals surface area contributed by atoms with Gasteiger partial charge in [0.15, 0.2) is 0 Å². The smallest absolute Gasteiger partial charge is 0.318 e. The number of carbonyl (C=O) groups is 1. The first-order valence-corrected chi connectivity index (χ1v) is 10.2. The number of benzene rings is 2. The Morgan fingerprint density at radius 2 is 1.93 bits per heavy atom. The van der Waals surface area contributed by atoms with E-state index in [1.165, 1.54) is 5.56 Å². The van der Waals surface area contributed by atoms with Gasteiger partial charge in [-0.15, -0.1) is 5.10 Å². The Morgan fingerprint density at radius 1 is 1.17 bits per heavy atom. The molecule has 0 saturated carbocycles. The maximum absolute atomic E-state index is 12.6. The number of aromatic nitrogens is 2. The van der Waals surface area contributed by atoms with Crippen LogP contribution in [0.3, 0.4) is 0 Å². The van der Waals surface area contributed by atoms with Crippen LogP contribution in [-0.2, 0) is 11.3 Å². The van der Waals surface area contributed by atoms with Crippen molar-refractivity contribution < 1.29 is 13.9 Å². The first-order valence-electron chi connectivity index (χ1n) is 10.2. The largest absolute Gasteiger partial charge is 0.497 e. The number of ether oxygens (including phenoxy) is 1. The molecule has 4 rings (SSSR count). The molecular weight excluding hydrogens is 380 g/mol. The standard InChI is InChI=1S/C23H26N4O3/c1-16-6-8-19(9-7-16)22-25-26-23(30-22)27-12-10-18(11-13-27)21(28)24-15-17-4-3-5-20(14-17)29-2/h3-9,14,18H,10-13,15H2,1-2H3,(H,24,28). The van der Waals surface area contributed by atoms with Gasteiger partial charge in [-0.05, 0) is 49.6 Å². The van der Waals surface area contributed by atoms with Crippen LogP contribution in [0.5, 0.6) is 5.75 Å². The van der Waals surface area contributed by atoms with Gasteiger partial charge in [0, 0.05) is 31.1 Å². The van der Waals surface area contributed by atoms with Crippen LogP contribution < -0.4 is 15.0 Å². The number of hydrogen-bond donors (Lipinski definition) is 1. The van der Waals surface area contributed by atoms with Crippen LogP contribution in [0, 0.1) is 12.8 Å². The summed E-state index contributed by atoms with van der Waals surface area (Å²) in [5.74, 6) is 1.39. The molecule has 1 saturated heterocycles. The first kappa shape index (κ1) is 19.9. The van der Waals surface area contributed by atoms with Crippen molar-refractivity contribution >= 4 is 11.9 Å². The van der Waals surface area contributed by atoms with Crippen LogP contribution >= 0.6 is 0 Å². The Labute approximate surface area is 176 Å². The molecule has 30 heavy (non-hydrogen) atoms. The van der Waals surface area contributed by atoms with E-state index < -0.39 is 0 Å². The molecular formula is C23H26N4O3. The molecule has 2 heterocycles. The van der Waals surface area contributed by atoms with E-state index in [0.717, 1.165) is 29.7 Å². The van der Waals surface area contributed by atoms with Gasteiger partial charge < -0.3 is 19.4 Å². The normalized spacial score (nSPS) is 14.5. The van der Waals surface area contributed by atoms with Gasteiger partial charge in [-0.2, -0.15) is 0 Å². The average molecular weight is 406 g/mol. The van der Waals surface area contributed by atoms with Gasteiger partial charge in [-0.25, -0.2) is 0 Å². The molecule has 0 radical (unpaired) electrons. The third-order valence-electron chi connectivity index (χ3n) is 5.45. The average Bonchev–Trinajstić information content (AvgIpc) is 3.28. The molecule has 0 aliphatic carbocycles. The van der Waals surface area contributed by atoms with Gasteiger partial charge in [0.1, 0.15) is 5.75 Å². The maximum Gasteiger partial charge on any atom is 0.318 e. The SMILES string of the molecule is COc1cccc(CNC(=O)C2CCN(c3nnc(-c4ccc(C)cc4)o3)CC2)c1. The van der Waals surface area contributed by atoms with Crippen molar-refractivity contribution in [3.63, 3.8) is 0 Å². The molecule has 1 aliphatic rings. The van der Waals surface area contributed by atoms with Crippen molar-refractivity contribution in [1.29, 1.82) is 0 Å². The molecule has 1 aromatic heterocycles. The number of anilines is 1. The fraction of sp³-hybridized carbons (Fsp3) is 0.348. The monoisotopic (exact) mass is 406 g/mol. The van der Waals surface area contributed by atoms with Crippen molar-refractivity contribution in [2.24, 2.45) is 5.92 Å². The van der Waals surface area contributed by atoms with Crippen molar-refractivity contribution in [1.82, 2.24) is 15.5 Å².